The van der Waals surface area contributed by atoms with E-state index in [1.807, 2.05) is 0 Å². The number of methoxy groups -OCH3 is 1. The third kappa shape index (κ3) is 3.61. The Kier molecular flexibility index (Phi) is 4.79. The van der Waals surface area contributed by atoms with E-state index in [9.17, 15) is 14.0 Å². The van der Waals surface area contributed by atoms with Gasteiger partial charge in [-0.15, -0.1) is 0 Å². The molecule has 0 radical (unpaired) electrons. The van der Waals surface area contributed by atoms with Crippen LogP contribution in [-0.2, 0) is 4.79 Å². The van der Waals surface area contributed by atoms with E-state index in [0.29, 0.717) is 16.7 Å². The predicted molar refractivity (Wildman–Crippen MR) is 92.5 cm³/mol. The van der Waals surface area contributed by atoms with Gasteiger partial charge in [-0.25, -0.2) is 9.38 Å². The van der Waals surface area contributed by atoms with E-state index in [4.69, 9.17) is 9.15 Å². The summed E-state index contributed by atoms with van der Waals surface area (Å²) >= 11 is 0. The number of carbonyl (C=O) groups is 2. The molecule has 0 atom stereocenters. The van der Waals surface area contributed by atoms with E-state index < -0.39 is 17.6 Å². The number of rotatable bonds is 3. The number of para-hydroxylation sites is 1. The third-order valence-electron chi connectivity index (χ3n) is 3.57. The molecule has 3 aromatic rings. The van der Waals surface area contributed by atoms with Gasteiger partial charge in [0.05, 0.1) is 7.11 Å². The molecule has 0 aliphatic carbocycles. The van der Waals surface area contributed by atoms with Gasteiger partial charge in [-0.05, 0) is 30.3 Å². The highest BCUT2D eigenvalue weighted by Gasteiger charge is 2.15. The number of imide groups is 1. The average Bonchev–Trinajstić information content (AvgIpc) is 2.62. The topological polar surface area (TPSA) is 80.9 Å². The second-order valence-corrected chi connectivity index (χ2v) is 5.44. The normalized spacial score (nSPS) is 11.4. The van der Waals surface area contributed by atoms with Crippen LogP contribution in [0.5, 0.6) is 5.75 Å². The summed E-state index contributed by atoms with van der Waals surface area (Å²) in [5.74, 6) is -1.22. The molecule has 1 N–H and O–H groups in total. The summed E-state index contributed by atoms with van der Waals surface area (Å²) in [6.45, 7) is 1.22. The highest BCUT2D eigenvalue weighted by molar-refractivity contribution is 6.05. The molecule has 26 heavy (non-hydrogen) atoms. The minimum Gasteiger partial charge on any atom is -0.497 e. The predicted octanol–water partition coefficient (Wildman–Crippen LogP) is 3.09. The molecular formula is C19H15FN2O4. The van der Waals surface area contributed by atoms with Gasteiger partial charge in [0.25, 0.3) is 5.91 Å². The van der Waals surface area contributed by atoms with Crippen LogP contribution in [0.2, 0.25) is 0 Å². The zero-order valence-corrected chi connectivity index (χ0v) is 14.1. The van der Waals surface area contributed by atoms with Crippen molar-refractivity contribution in [1.29, 1.82) is 0 Å². The van der Waals surface area contributed by atoms with Crippen LogP contribution in [0.25, 0.3) is 11.0 Å². The van der Waals surface area contributed by atoms with Gasteiger partial charge in [-0.1, -0.05) is 12.1 Å². The lowest BCUT2D eigenvalue weighted by Crippen LogP contribution is -2.32. The first-order valence-corrected chi connectivity index (χ1v) is 7.71. The lowest BCUT2D eigenvalue weighted by atomic mass is 10.1. The molecule has 0 saturated carbocycles. The fourth-order valence-corrected chi connectivity index (χ4v) is 2.35. The van der Waals surface area contributed by atoms with E-state index in [1.54, 1.807) is 24.3 Å². The van der Waals surface area contributed by atoms with Crippen molar-refractivity contribution in [1.82, 2.24) is 5.32 Å². The quantitative estimate of drug-likeness (QED) is 0.784. The van der Waals surface area contributed by atoms with Crippen molar-refractivity contribution in [2.24, 2.45) is 4.99 Å². The van der Waals surface area contributed by atoms with E-state index in [2.05, 4.69) is 10.3 Å². The molecule has 6 nitrogen and oxygen atoms in total. The minimum absolute atomic E-state index is 0.00960. The molecule has 0 unspecified atom stereocenters. The van der Waals surface area contributed by atoms with Crippen LogP contribution >= 0.6 is 0 Å². The molecule has 0 aliphatic heterocycles. The largest absolute Gasteiger partial charge is 0.497 e. The number of fused-ring (bicyclic) bond motifs is 1. The Balaban J connectivity index is 2.27. The smallest absolute Gasteiger partial charge is 0.263 e. The monoisotopic (exact) mass is 354 g/mol. The summed E-state index contributed by atoms with van der Waals surface area (Å²) in [7, 11) is 1.51. The lowest BCUT2D eigenvalue weighted by molar-refractivity contribution is -0.118. The molecule has 0 aliphatic rings. The van der Waals surface area contributed by atoms with Crippen molar-refractivity contribution >= 4 is 28.5 Å². The van der Waals surface area contributed by atoms with Crippen molar-refractivity contribution in [3.8, 4) is 5.75 Å². The number of benzene rings is 2. The number of ether oxygens (including phenoxy) is 1. The van der Waals surface area contributed by atoms with Gasteiger partial charge in [0.2, 0.25) is 11.5 Å². The van der Waals surface area contributed by atoms with Crippen molar-refractivity contribution in [2.75, 3.05) is 7.11 Å². The summed E-state index contributed by atoms with van der Waals surface area (Å²) in [6.07, 6.45) is 0. The molecule has 0 bridgehead atoms. The van der Waals surface area contributed by atoms with Gasteiger partial charge in [0.1, 0.15) is 28.4 Å². The van der Waals surface area contributed by atoms with E-state index >= 15 is 0 Å². The number of hydrogen-bond acceptors (Lipinski definition) is 5. The Morgan fingerprint density at radius 2 is 1.92 bits per heavy atom. The fraction of sp³-hybridized carbons (Fsp3) is 0.105. The van der Waals surface area contributed by atoms with Crippen LogP contribution in [0, 0.1) is 5.82 Å². The van der Waals surface area contributed by atoms with E-state index in [1.165, 1.54) is 38.3 Å². The Labute approximate surface area is 147 Å². The van der Waals surface area contributed by atoms with E-state index in [0.717, 1.165) is 0 Å². The number of nitrogens with one attached hydrogen (secondary N) is 1. The Hall–Kier alpha value is -3.48. The van der Waals surface area contributed by atoms with Gasteiger partial charge in [0.15, 0.2) is 0 Å². The van der Waals surface area contributed by atoms with Gasteiger partial charge in [-0.2, -0.15) is 0 Å². The highest BCUT2D eigenvalue weighted by Crippen LogP contribution is 2.21. The van der Waals surface area contributed by atoms with Crippen molar-refractivity contribution < 1.29 is 23.1 Å². The summed E-state index contributed by atoms with van der Waals surface area (Å²) in [5, 5.41) is 2.77. The number of halogens is 1. The average molecular weight is 354 g/mol. The molecule has 1 aromatic heterocycles. The molecule has 0 saturated heterocycles. The lowest BCUT2D eigenvalue weighted by Gasteiger charge is -2.06. The first-order valence-electron chi connectivity index (χ1n) is 7.71. The standard InChI is InChI=1S/C19H15FN2O4/c1-11(23)21-18(24)14-9-12-7-8-13(25-2)10-17(12)26-19(14)22-16-6-4-3-5-15(16)20/h3-10H,1-2H3,(H,21,23,24). The second-order valence-electron chi connectivity index (χ2n) is 5.44. The first-order chi connectivity index (χ1) is 12.5. The number of nitrogens with zero attached hydrogens (tertiary/aromatic N) is 1. The van der Waals surface area contributed by atoms with Gasteiger partial charge in [0, 0.05) is 18.4 Å². The minimum atomic E-state index is -0.686. The maximum Gasteiger partial charge on any atom is 0.263 e. The molecule has 7 heteroatoms. The first kappa shape index (κ1) is 17.3. The van der Waals surface area contributed by atoms with Crippen molar-refractivity contribution in [3.63, 3.8) is 0 Å². The molecule has 1 heterocycles. The summed E-state index contributed by atoms with van der Waals surface area (Å²) < 4.78 is 24.8. The van der Waals surface area contributed by atoms with E-state index in [-0.39, 0.29) is 16.8 Å². The maximum atomic E-state index is 13.9. The van der Waals surface area contributed by atoms with Gasteiger partial charge in [-0.3, -0.25) is 14.9 Å². The molecule has 0 fully saturated rings. The highest BCUT2D eigenvalue weighted by atomic mass is 19.1. The Morgan fingerprint density at radius 1 is 1.15 bits per heavy atom. The summed E-state index contributed by atoms with van der Waals surface area (Å²) in [5.41, 5.74) is 0.310. The zero-order chi connectivity index (χ0) is 18.7. The Bertz CT molecular complexity index is 1070. The number of hydrogen-bond donors (Lipinski definition) is 1. The van der Waals surface area contributed by atoms with Gasteiger partial charge < -0.3 is 9.15 Å². The fourth-order valence-electron chi connectivity index (χ4n) is 2.35. The Morgan fingerprint density at radius 3 is 2.62 bits per heavy atom. The SMILES string of the molecule is COc1ccc2cc(C(=O)NC(C)=O)c(=Nc3ccccc3F)oc2c1. The third-order valence-corrected chi connectivity index (χ3v) is 3.57. The summed E-state index contributed by atoms with van der Waals surface area (Å²) in [4.78, 5) is 27.7. The van der Waals surface area contributed by atoms with Crippen molar-refractivity contribution in [2.45, 2.75) is 6.92 Å². The molecule has 0 spiro atoms. The molecule has 132 valence electrons. The molecule has 2 aromatic carbocycles. The zero-order valence-electron chi connectivity index (χ0n) is 14.1. The van der Waals surface area contributed by atoms with Crippen LogP contribution in [-0.4, -0.2) is 18.9 Å². The molecule has 3 rings (SSSR count). The van der Waals surface area contributed by atoms with Gasteiger partial charge >= 0.3 is 0 Å². The molecule has 2 amide bonds. The van der Waals surface area contributed by atoms with Crippen LogP contribution < -0.4 is 15.6 Å². The van der Waals surface area contributed by atoms with Crippen molar-refractivity contribution in [3.05, 3.63) is 65.5 Å². The molecular weight excluding hydrogens is 339 g/mol. The van der Waals surface area contributed by atoms with Crippen LogP contribution in [0.15, 0.2) is 57.9 Å². The summed E-state index contributed by atoms with van der Waals surface area (Å²) in [6, 6.07) is 12.4. The number of carbonyl (C=O) groups excluding carboxylic acids is 2. The number of amides is 2. The maximum absolute atomic E-state index is 13.9. The van der Waals surface area contributed by atoms with Crippen LogP contribution in [0.1, 0.15) is 17.3 Å². The second kappa shape index (κ2) is 7.18. The van der Waals surface area contributed by atoms with Crippen LogP contribution in [0.4, 0.5) is 10.1 Å². The van der Waals surface area contributed by atoms with Crippen LogP contribution in [0.3, 0.4) is 0 Å².